The quantitative estimate of drug-likeness (QED) is 0.591. The number of nitrogens with one attached hydrogen (secondary N) is 2. The number of nitrogens with zero attached hydrogens (tertiary/aromatic N) is 4. The molecule has 0 bridgehead atoms. The van der Waals surface area contributed by atoms with E-state index in [-0.39, 0.29) is 0 Å². The summed E-state index contributed by atoms with van der Waals surface area (Å²) in [5.41, 5.74) is 4.85. The lowest BCUT2D eigenvalue weighted by atomic mass is 10.2. The van der Waals surface area contributed by atoms with Gasteiger partial charge in [0.2, 0.25) is 0 Å². The first-order chi connectivity index (χ1) is 10.2. The highest BCUT2D eigenvalue weighted by atomic mass is 15.3. The summed E-state index contributed by atoms with van der Waals surface area (Å²) in [7, 11) is 1.95. The van der Waals surface area contributed by atoms with E-state index in [1.54, 1.807) is 6.20 Å². The highest BCUT2D eigenvalue weighted by molar-refractivity contribution is 5.90. The van der Waals surface area contributed by atoms with Crippen molar-refractivity contribution in [1.29, 1.82) is 0 Å². The average molecular weight is 278 g/mol. The third-order valence-electron chi connectivity index (χ3n) is 3.71. The van der Waals surface area contributed by atoms with Crippen LogP contribution in [0, 0.1) is 6.92 Å². The van der Waals surface area contributed by atoms with Crippen molar-refractivity contribution in [2.24, 2.45) is 7.05 Å². The molecule has 0 unspecified atom stereocenters. The fourth-order valence-electron chi connectivity index (χ4n) is 2.48. The third-order valence-corrected chi connectivity index (χ3v) is 3.71. The van der Waals surface area contributed by atoms with Crippen LogP contribution in [0.1, 0.15) is 5.69 Å². The molecule has 3 aromatic heterocycles. The van der Waals surface area contributed by atoms with Crippen LogP contribution in [0.25, 0.3) is 21.9 Å². The number of hydrogen-bond donors (Lipinski definition) is 2. The van der Waals surface area contributed by atoms with Crippen LogP contribution >= 0.6 is 0 Å². The van der Waals surface area contributed by atoms with Crippen molar-refractivity contribution in [2.75, 3.05) is 5.32 Å². The summed E-state index contributed by atoms with van der Waals surface area (Å²) in [6.45, 7) is 2.06. The molecule has 21 heavy (non-hydrogen) atoms. The Morgan fingerprint density at radius 2 is 2.14 bits per heavy atom. The van der Waals surface area contributed by atoms with Gasteiger partial charge in [0.15, 0.2) is 5.82 Å². The molecule has 6 nitrogen and oxygen atoms in total. The van der Waals surface area contributed by atoms with Crippen molar-refractivity contribution in [2.45, 2.75) is 6.92 Å². The van der Waals surface area contributed by atoms with Crippen LogP contribution in [0.5, 0.6) is 0 Å². The fourth-order valence-corrected chi connectivity index (χ4v) is 2.48. The van der Waals surface area contributed by atoms with E-state index in [1.165, 1.54) is 0 Å². The molecule has 0 atom stereocenters. The minimum absolute atomic E-state index is 0.728. The maximum atomic E-state index is 4.46. The molecule has 0 aliphatic rings. The van der Waals surface area contributed by atoms with Crippen LogP contribution in [-0.4, -0.2) is 25.0 Å². The number of aromatic amines is 1. The van der Waals surface area contributed by atoms with E-state index in [0.29, 0.717) is 0 Å². The number of H-pyrrole nitrogens is 1. The normalized spacial score (nSPS) is 11.3. The zero-order valence-corrected chi connectivity index (χ0v) is 11.8. The Balaban J connectivity index is 1.78. The Kier molecular flexibility index (Phi) is 2.44. The van der Waals surface area contributed by atoms with E-state index >= 15 is 0 Å². The predicted octanol–water partition coefficient (Wildman–Crippen LogP) is 2.90. The molecule has 0 aliphatic carbocycles. The van der Waals surface area contributed by atoms with Crippen molar-refractivity contribution in [3.05, 3.63) is 42.2 Å². The summed E-state index contributed by atoms with van der Waals surface area (Å²) in [4.78, 5) is 4.35. The van der Waals surface area contributed by atoms with Gasteiger partial charge >= 0.3 is 0 Å². The lowest BCUT2D eigenvalue weighted by molar-refractivity contribution is 0.751. The summed E-state index contributed by atoms with van der Waals surface area (Å²) in [5.74, 6) is 0.728. The van der Waals surface area contributed by atoms with Gasteiger partial charge in [-0.1, -0.05) is 0 Å². The lowest BCUT2D eigenvalue weighted by Gasteiger charge is -2.03. The zero-order chi connectivity index (χ0) is 14.4. The van der Waals surface area contributed by atoms with Crippen molar-refractivity contribution < 1.29 is 0 Å². The molecular weight excluding hydrogens is 264 g/mol. The number of hydrogen-bond acceptors (Lipinski definition) is 4. The fraction of sp³-hybridized carbons (Fsp3) is 0.133. The molecule has 4 aromatic rings. The summed E-state index contributed by atoms with van der Waals surface area (Å²) >= 11 is 0. The SMILES string of the molecule is Cc1c2cc(Nc3n[nH]c4cccnc34)ccc2nn1C. The first kappa shape index (κ1) is 11.9. The van der Waals surface area contributed by atoms with Gasteiger partial charge in [-0.05, 0) is 37.3 Å². The second kappa shape index (κ2) is 4.31. The van der Waals surface area contributed by atoms with Crippen LogP contribution in [0.2, 0.25) is 0 Å². The first-order valence-corrected chi connectivity index (χ1v) is 6.72. The predicted molar refractivity (Wildman–Crippen MR) is 82.6 cm³/mol. The summed E-state index contributed by atoms with van der Waals surface area (Å²) in [6, 6.07) is 9.93. The van der Waals surface area contributed by atoms with E-state index in [1.807, 2.05) is 36.0 Å². The molecule has 1 aromatic carbocycles. The summed E-state index contributed by atoms with van der Waals surface area (Å²) in [6.07, 6.45) is 1.76. The van der Waals surface area contributed by atoms with Gasteiger partial charge in [-0.2, -0.15) is 10.2 Å². The zero-order valence-electron chi connectivity index (χ0n) is 11.8. The lowest BCUT2D eigenvalue weighted by Crippen LogP contribution is -1.92. The Hall–Kier alpha value is -2.89. The molecule has 104 valence electrons. The number of aryl methyl sites for hydroxylation is 2. The number of rotatable bonds is 2. The molecule has 0 amide bonds. The Morgan fingerprint density at radius 1 is 1.24 bits per heavy atom. The number of pyridine rings is 1. The largest absolute Gasteiger partial charge is 0.337 e. The van der Waals surface area contributed by atoms with E-state index in [4.69, 9.17) is 0 Å². The molecule has 3 heterocycles. The number of fused-ring (bicyclic) bond motifs is 2. The number of aromatic nitrogens is 5. The second-order valence-corrected chi connectivity index (χ2v) is 5.04. The molecule has 2 N–H and O–H groups in total. The van der Waals surface area contributed by atoms with Gasteiger partial charge in [-0.25, -0.2) is 0 Å². The minimum Gasteiger partial charge on any atom is -0.337 e. The standard InChI is InChI=1S/C15H14N6/c1-9-11-8-10(5-6-12(11)20-21(9)2)17-15-14-13(18-19-15)4-3-7-16-14/h3-8H,1-2H3,(H2,17,18,19). The first-order valence-electron chi connectivity index (χ1n) is 6.72. The number of anilines is 2. The molecule has 0 aliphatic heterocycles. The molecular formula is C15H14N6. The molecule has 0 fully saturated rings. The van der Waals surface area contributed by atoms with Gasteiger partial charge in [-0.3, -0.25) is 14.8 Å². The van der Waals surface area contributed by atoms with Crippen molar-refractivity contribution in [3.63, 3.8) is 0 Å². The Labute approximate surface area is 120 Å². The summed E-state index contributed by atoms with van der Waals surface area (Å²) in [5, 5.41) is 16.2. The Morgan fingerprint density at radius 3 is 3.05 bits per heavy atom. The van der Waals surface area contributed by atoms with Crippen molar-refractivity contribution >= 4 is 33.4 Å². The maximum Gasteiger partial charge on any atom is 0.178 e. The molecule has 6 heteroatoms. The summed E-state index contributed by atoms with van der Waals surface area (Å²) < 4.78 is 1.89. The molecule has 0 saturated carbocycles. The van der Waals surface area contributed by atoms with Crippen LogP contribution in [0.4, 0.5) is 11.5 Å². The van der Waals surface area contributed by atoms with E-state index in [9.17, 15) is 0 Å². The van der Waals surface area contributed by atoms with Gasteiger partial charge in [0, 0.05) is 30.0 Å². The van der Waals surface area contributed by atoms with Crippen molar-refractivity contribution in [1.82, 2.24) is 25.0 Å². The highest BCUT2D eigenvalue weighted by Gasteiger charge is 2.09. The Bertz CT molecular complexity index is 949. The monoisotopic (exact) mass is 278 g/mol. The van der Waals surface area contributed by atoms with Gasteiger partial charge < -0.3 is 5.32 Å². The van der Waals surface area contributed by atoms with Gasteiger partial charge in [0.05, 0.1) is 11.0 Å². The topological polar surface area (TPSA) is 71.4 Å². The van der Waals surface area contributed by atoms with Crippen LogP contribution in [0.3, 0.4) is 0 Å². The van der Waals surface area contributed by atoms with Gasteiger partial charge in [0.25, 0.3) is 0 Å². The van der Waals surface area contributed by atoms with Crippen LogP contribution in [-0.2, 0) is 7.05 Å². The second-order valence-electron chi connectivity index (χ2n) is 5.04. The van der Waals surface area contributed by atoms with E-state index in [0.717, 1.165) is 39.1 Å². The molecule has 0 saturated heterocycles. The van der Waals surface area contributed by atoms with Crippen LogP contribution in [0.15, 0.2) is 36.5 Å². The number of benzene rings is 1. The van der Waals surface area contributed by atoms with Gasteiger partial charge in [-0.15, -0.1) is 0 Å². The third kappa shape index (κ3) is 1.84. The van der Waals surface area contributed by atoms with E-state index < -0.39 is 0 Å². The average Bonchev–Trinajstić information content (AvgIpc) is 3.03. The van der Waals surface area contributed by atoms with Crippen LogP contribution < -0.4 is 5.32 Å². The highest BCUT2D eigenvalue weighted by Crippen LogP contribution is 2.25. The molecule has 4 rings (SSSR count). The maximum absolute atomic E-state index is 4.46. The molecule has 0 spiro atoms. The van der Waals surface area contributed by atoms with E-state index in [2.05, 4.69) is 38.6 Å². The smallest absolute Gasteiger partial charge is 0.178 e. The minimum atomic E-state index is 0.728. The van der Waals surface area contributed by atoms with Gasteiger partial charge in [0.1, 0.15) is 5.52 Å². The molecule has 0 radical (unpaired) electrons. The van der Waals surface area contributed by atoms with Crippen molar-refractivity contribution in [3.8, 4) is 0 Å².